The second-order valence-corrected chi connectivity index (χ2v) is 9.36. The third kappa shape index (κ3) is 6.30. The molecule has 2 amide bonds. The van der Waals surface area contributed by atoms with Crippen LogP contribution in [-0.4, -0.2) is 31.5 Å². The molecular weight excluding hydrogens is 458 g/mol. The smallest absolute Gasteiger partial charge is 0.318 e. The van der Waals surface area contributed by atoms with Crippen molar-refractivity contribution in [2.24, 2.45) is 16.5 Å². The Morgan fingerprint density at radius 1 is 1.09 bits per heavy atom. The van der Waals surface area contributed by atoms with Crippen LogP contribution in [0.15, 0.2) is 88.3 Å². The summed E-state index contributed by atoms with van der Waals surface area (Å²) in [6.45, 7) is 0. The number of primary amides is 1. The first-order valence-corrected chi connectivity index (χ1v) is 11.8. The van der Waals surface area contributed by atoms with Crippen molar-refractivity contribution in [3.05, 3.63) is 84.0 Å². The first-order valence-electron chi connectivity index (χ1n) is 10.3. The van der Waals surface area contributed by atoms with E-state index < -0.39 is 27.6 Å². The van der Waals surface area contributed by atoms with Crippen molar-refractivity contribution < 1.29 is 23.1 Å². The lowest BCUT2D eigenvalue weighted by Crippen LogP contribution is -2.45. The predicted octanol–water partition coefficient (Wildman–Crippen LogP) is 2.23. The summed E-state index contributed by atoms with van der Waals surface area (Å²) in [6.07, 6.45) is 5.80. The summed E-state index contributed by atoms with van der Waals surface area (Å²) in [4.78, 5) is 25.9. The average molecular weight is 484 g/mol. The van der Waals surface area contributed by atoms with Crippen LogP contribution in [0.25, 0.3) is 0 Å². The highest BCUT2D eigenvalue weighted by atomic mass is 32.2. The van der Waals surface area contributed by atoms with Crippen molar-refractivity contribution in [1.82, 2.24) is 10.0 Å². The van der Waals surface area contributed by atoms with Gasteiger partial charge in [-0.1, -0.05) is 60.2 Å². The molecule has 3 rings (SSSR count). The molecule has 11 heteroatoms. The number of nitrogens with zero attached hydrogens (tertiary/aromatic N) is 1. The van der Waals surface area contributed by atoms with E-state index in [1.54, 1.807) is 24.3 Å². The van der Waals surface area contributed by atoms with Crippen molar-refractivity contribution >= 4 is 33.7 Å². The van der Waals surface area contributed by atoms with Crippen LogP contribution in [0.1, 0.15) is 24.8 Å². The molecule has 0 saturated carbocycles. The predicted molar refractivity (Wildman–Crippen MR) is 128 cm³/mol. The van der Waals surface area contributed by atoms with Crippen LogP contribution in [0, 0.1) is 0 Å². The van der Waals surface area contributed by atoms with E-state index in [4.69, 9.17) is 16.6 Å². The molecule has 1 atom stereocenters. The number of nitrogens with two attached hydrogens (primary N) is 2. The summed E-state index contributed by atoms with van der Waals surface area (Å²) in [7, 11) is -4.07. The molecule has 10 nitrogen and oxygen atoms in total. The van der Waals surface area contributed by atoms with Crippen LogP contribution >= 0.6 is 0 Å². The monoisotopic (exact) mass is 483 g/mol. The molecule has 1 aliphatic carbocycles. The number of benzene rings is 2. The van der Waals surface area contributed by atoms with Crippen molar-refractivity contribution in [2.75, 3.05) is 0 Å². The maximum absolute atomic E-state index is 13.4. The number of carboxylic acids is 1. The van der Waals surface area contributed by atoms with E-state index in [0.717, 1.165) is 5.57 Å². The van der Waals surface area contributed by atoms with Gasteiger partial charge in [0.1, 0.15) is 0 Å². The topological polar surface area (TPSA) is 177 Å². The van der Waals surface area contributed by atoms with Gasteiger partial charge in [0.2, 0.25) is 16.0 Å². The molecule has 7 N–H and O–H groups in total. The Balaban J connectivity index is 1.95. The Kier molecular flexibility index (Phi) is 7.49. The fourth-order valence-corrected chi connectivity index (χ4v) is 5.03. The molecule has 0 aromatic heterocycles. The number of carbonyl (C=O) groups excluding carboxylic acids is 1. The van der Waals surface area contributed by atoms with Gasteiger partial charge in [-0.15, -0.1) is 0 Å². The summed E-state index contributed by atoms with van der Waals surface area (Å²) in [5.74, 6) is -1.21. The molecule has 2 aromatic rings. The van der Waals surface area contributed by atoms with E-state index in [2.05, 4.69) is 15.0 Å². The Bertz CT molecular complexity index is 1270. The van der Waals surface area contributed by atoms with Gasteiger partial charge in [-0.3, -0.25) is 10.1 Å². The van der Waals surface area contributed by atoms with Crippen LogP contribution in [-0.2, 0) is 20.4 Å². The van der Waals surface area contributed by atoms with Crippen molar-refractivity contribution in [2.45, 2.75) is 29.7 Å². The SMILES string of the molecule is NC(=O)NC(N)=Nc1cccc(S(=O)(=O)NC2(c3ccccc3)C=CC=C(CCC(=O)O)C2)c1. The Hall–Kier alpha value is -3.96. The summed E-state index contributed by atoms with van der Waals surface area (Å²) in [5.41, 5.74) is 11.2. The third-order valence-corrected chi connectivity index (χ3v) is 6.62. The van der Waals surface area contributed by atoms with E-state index in [1.165, 1.54) is 24.3 Å². The summed E-state index contributed by atoms with van der Waals surface area (Å²) >= 11 is 0. The van der Waals surface area contributed by atoms with Gasteiger partial charge in [-0.25, -0.2) is 18.2 Å². The fourth-order valence-electron chi connectivity index (χ4n) is 3.64. The molecule has 0 spiro atoms. The number of carboxylic acid groups (broad SMARTS) is 1. The minimum absolute atomic E-state index is 0.0574. The lowest BCUT2D eigenvalue weighted by Gasteiger charge is -2.35. The lowest BCUT2D eigenvalue weighted by molar-refractivity contribution is -0.136. The van der Waals surface area contributed by atoms with Crippen molar-refractivity contribution in [3.8, 4) is 0 Å². The Morgan fingerprint density at radius 3 is 2.50 bits per heavy atom. The maximum atomic E-state index is 13.4. The molecule has 0 aliphatic heterocycles. The van der Waals surface area contributed by atoms with Crippen LogP contribution in [0.5, 0.6) is 0 Å². The molecule has 1 unspecified atom stereocenters. The van der Waals surface area contributed by atoms with Gasteiger partial charge in [-0.2, -0.15) is 4.72 Å². The summed E-state index contributed by atoms with van der Waals surface area (Å²) in [6, 6.07) is 13.9. The fraction of sp³-hybridized carbons (Fsp3) is 0.174. The van der Waals surface area contributed by atoms with E-state index in [-0.39, 0.29) is 29.4 Å². The maximum Gasteiger partial charge on any atom is 0.318 e. The number of hydrogen-bond donors (Lipinski definition) is 5. The number of aliphatic carboxylic acids is 1. The van der Waals surface area contributed by atoms with Gasteiger partial charge in [0, 0.05) is 6.42 Å². The number of rotatable bonds is 8. The van der Waals surface area contributed by atoms with Gasteiger partial charge in [0.05, 0.1) is 16.1 Å². The van der Waals surface area contributed by atoms with Gasteiger partial charge in [0.25, 0.3) is 0 Å². The highest BCUT2D eigenvalue weighted by Gasteiger charge is 2.36. The molecule has 0 bridgehead atoms. The first-order chi connectivity index (χ1) is 16.1. The number of sulfonamides is 1. The quantitative estimate of drug-likeness (QED) is 0.284. The molecule has 0 saturated heterocycles. The number of hydrogen-bond acceptors (Lipinski definition) is 5. The molecular formula is C23H25N5O5S. The molecule has 178 valence electrons. The van der Waals surface area contributed by atoms with Gasteiger partial charge < -0.3 is 16.6 Å². The van der Waals surface area contributed by atoms with E-state index >= 15 is 0 Å². The minimum atomic E-state index is -4.07. The lowest BCUT2D eigenvalue weighted by atomic mass is 9.80. The Morgan fingerprint density at radius 2 is 1.82 bits per heavy atom. The molecule has 34 heavy (non-hydrogen) atoms. The van der Waals surface area contributed by atoms with E-state index in [0.29, 0.717) is 12.0 Å². The highest BCUT2D eigenvalue weighted by molar-refractivity contribution is 7.89. The van der Waals surface area contributed by atoms with Crippen LogP contribution < -0.4 is 21.5 Å². The van der Waals surface area contributed by atoms with E-state index in [9.17, 15) is 18.0 Å². The van der Waals surface area contributed by atoms with Gasteiger partial charge >= 0.3 is 12.0 Å². The van der Waals surface area contributed by atoms with Crippen molar-refractivity contribution in [3.63, 3.8) is 0 Å². The zero-order valence-electron chi connectivity index (χ0n) is 18.1. The standard InChI is InChI=1S/C23H25N5O5S/c24-21(27-22(25)31)26-18-9-4-10-19(14-18)34(32,33)28-23(17-7-2-1-3-8-17)13-5-6-16(15-23)11-12-20(29)30/h1-10,13-14,28H,11-12,15H2,(H,29,30)(H5,24,25,26,27,31). The number of guanidine groups is 1. The molecule has 0 radical (unpaired) electrons. The molecule has 2 aromatic carbocycles. The molecule has 1 aliphatic rings. The number of allylic oxidation sites excluding steroid dienone is 2. The normalized spacial score (nSPS) is 18.2. The third-order valence-electron chi connectivity index (χ3n) is 5.11. The first kappa shape index (κ1) is 24.7. The number of aliphatic imine (C=N–C) groups is 1. The van der Waals surface area contributed by atoms with Crippen molar-refractivity contribution in [1.29, 1.82) is 0 Å². The van der Waals surface area contributed by atoms with Gasteiger partial charge in [-0.05, 0) is 36.6 Å². The van der Waals surface area contributed by atoms with Crippen LogP contribution in [0.3, 0.4) is 0 Å². The summed E-state index contributed by atoms with van der Waals surface area (Å²) in [5, 5.41) is 11.2. The number of amides is 2. The molecule has 0 heterocycles. The average Bonchev–Trinajstić information content (AvgIpc) is 2.78. The highest BCUT2D eigenvalue weighted by Crippen LogP contribution is 2.36. The van der Waals surface area contributed by atoms with Crippen LogP contribution in [0.4, 0.5) is 10.5 Å². The van der Waals surface area contributed by atoms with E-state index in [1.807, 2.05) is 24.3 Å². The van der Waals surface area contributed by atoms with Crippen LogP contribution in [0.2, 0.25) is 0 Å². The largest absolute Gasteiger partial charge is 0.481 e. The number of nitrogens with one attached hydrogen (secondary N) is 2. The molecule has 0 fully saturated rings. The van der Waals surface area contributed by atoms with Gasteiger partial charge in [0.15, 0.2) is 0 Å². The zero-order valence-corrected chi connectivity index (χ0v) is 19.0. The number of carbonyl (C=O) groups is 2. The summed E-state index contributed by atoms with van der Waals surface area (Å²) < 4.78 is 29.7. The minimum Gasteiger partial charge on any atom is -0.481 e. The zero-order chi connectivity index (χ0) is 24.8. The second kappa shape index (κ2) is 10.3. The number of urea groups is 1. The Labute approximate surface area is 197 Å². The second-order valence-electron chi connectivity index (χ2n) is 7.68.